The van der Waals surface area contributed by atoms with Crippen LogP contribution in [0.3, 0.4) is 0 Å². The van der Waals surface area contributed by atoms with Crippen LogP contribution >= 0.6 is 0 Å². The first-order valence-corrected chi connectivity index (χ1v) is 11.6. The van der Waals surface area contributed by atoms with Crippen molar-refractivity contribution in [3.05, 3.63) is 11.6 Å². The van der Waals surface area contributed by atoms with Gasteiger partial charge in [0.25, 0.3) is 0 Å². The van der Waals surface area contributed by atoms with Gasteiger partial charge in [0.1, 0.15) is 11.6 Å². The summed E-state index contributed by atoms with van der Waals surface area (Å²) in [6.07, 6.45) is 4.35. The third-order valence-electron chi connectivity index (χ3n) is 5.61. The molecule has 3 heterocycles. The molecule has 10 heteroatoms. The topological polar surface area (TPSA) is 100 Å². The van der Waals surface area contributed by atoms with Gasteiger partial charge in [0, 0.05) is 51.1 Å². The normalized spacial score (nSPS) is 20.8. The molecule has 0 saturated carbocycles. The lowest BCUT2D eigenvalue weighted by Gasteiger charge is -2.30. The maximum atomic E-state index is 12.4. The van der Waals surface area contributed by atoms with Crippen LogP contribution in [0.4, 0.5) is 4.79 Å². The fourth-order valence-corrected chi connectivity index (χ4v) is 4.57. The molecule has 0 radical (unpaired) electrons. The summed E-state index contributed by atoms with van der Waals surface area (Å²) < 4.78 is 27.1. The molecule has 2 aliphatic rings. The molecule has 27 heavy (non-hydrogen) atoms. The fourth-order valence-electron chi connectivity index (χ4n) is 3.70. The van der Waals surface area contributed by atoms with Gasteiger partial charge in [0.2, 0.25) is 10.0 Å². The molecule has 3 rings (SSSR count). The molecule has 2 aliphatic heterocycles. The highest BCUT2D eigenvalue weighted by atomic mass is 32.2. The molecular weight excluding hydrogens is 368 g/mol. The van der Waals surface area contributed by atoms with Gasteiger partial charge < -0.3 is 14.8 Å². The number of hydrogen-bond acceptors (Lipinski definition) is 5. The molecule has 1 N–H and O–H groups in total. The predicted molar refractivity (Wildman–Crippen MR) is 102 cm³/mol. The Morgan fingerprint density at radius 2 is 1.89 bits per heavy atom. The van der Waals surface area contributed by atoms with Gasteiger partial charge in [-0.3, -0.25) is 0 Å². The number of fused-ring (bicyclic) bond motifs is 1. The number of carbonyl (C=O) groups is 1. The first-order valence-electron chi connectivity index (χ1n) is 9.72. The summed E-state index contributed by atoms with van der Waals surface area (Å²) in [6, 6.07) is 0.140. The summed E-state index contributed by atoms with van der Waals surface area (Å²) in [4.78, 5) is 14.3. The van der Waals surface area contributed by atoms with Crippen molar-refractivity contribution >= 4 is 16.1 Å². The van der Waals surface area contributed by atoms with Gasteiger partial charge >= 0.3 is 6.03 Å². The standard InChI is InChI=1S/C17H30N6O3S/c1-4-13(2)18-17(24)21-8-7-15-19-20-16(23(15)12-11-21)14-5-9-22(10-6-14)27(3,25)26/h13-14H,4-12H2,1-3H3,(H,18,24). The van der Waals surface area contributed by atoms with Crippen molar-refractivity contribution in [2.75, 3.05) is 32.4 Å². The van der Waals surface area contributed by atoms with Crippen molar-refractivity contribution in [3.8, 4) is 0 Å². The van der Waals surface area contributed by atoms with Gasteiger partial charge in [-0.1, -0.05) is 6.92 Å². The molecule has 1 saturated heterocycles. The minimum Gasteiger partial charge on any atom is -0.336 e. The number of rotatable bonds is 4. The maximum absolute atomic E-state index is 12.4. The van der Waals surface area contributed by atoms with Crippen LogP contribution in [0.1, 0.15) is 50.7 Å². The second-order valence-corrected chi connectivity index (χ2v) is 9.54. The summed E-state index contributed by atoms with van der Waals surface area (Å²) in [5.41, 5.74) is 0. The zero-order valence-corrected chi connectivity index (χ0v) is 17.2. The largest absolute Gasteiger partial charge is 0.336 e. The molecule has 1 aromatic heterocycles. The van der Waals surface area contributed by atoms with Crippen molar-refractivity contribution in [3.63, 3.8) is 0 Å². The second-order valence-electron chi connectivity index (χ2n) is 7.56. The average molecular weight is 399 g/mol. The van der Waals surface area contributed by atoms with Crippen LogP contribution < -0.4 is 5.32 Å². The Morgan fingerprint density at radius 3 is 2.52 bits per heavy atom. The molecule has 0 spiro atoms. The van der Waals surface area contributed by atoms with Gasteiger partial charge in [-0.25, -0.2) is 17.5 Å². The van der Waals surface area contributed by atoms with Crippen LogP contribution in [0.25, 0.3) is 0 Å². The van der Waals surface area contributed by atoms with E-state index in [1.165, 1.54) is 10.6 Å². The van der Waals surface area contributed by atoms with Crippen molar-refractivity contribution in [2.24, 2.45) is 0 Å². The van der Waals surface area contributed by atoms with Gasteiger partial charge in [-0.05, 0) is 26.2 Å². The number of hydrogen-bond donors (Lipinski definition) is 1. The Labute approximate surface area is 161 Å². The van der Waals surface area contributed by atoms with E-state index in [2.05, 4.69) is 27.0 Å². The number of sulfonamides is 1. The van der Waals surface area contributed by atoms with Crippen LogP contribution in [0.2, 0.25) is 0 Å². The Hall–Kier alpha value is -1.68. The van der Waals surface area contributed by atoms with E-state index in [1.54, 1.807) is 0 Å². The Bertz CT molecular complexity index is 770. The highest BCUT2D eigenvalue weighted by molar-refractivity contribution is 7.88. The number of piperidine rings is 1. The number of urea groups is 1. The Kier molecular flexibility index (Phi) is 6.05. The zero-order chi connectivity index (χ0) is 19.6. The van der Waals surface area contributed by atoms with E-state index in [9.17, 15) is 13.2 Å². The average Bonchev–Trinajstić information content (AvgIpc) is 2.92. The van der Waals surface area contributed by atoms with Crippen LogP contribution in [0, 0.1) is 0 Å². The minimum absolute atomic E-state index is 0.0222. The van der Waals surface area contributed by atoms with Crippen molar-refractivity contribution < 1.29 is 13.2 Å². The first kappa shape index (κ1) is 20.1. The molecule has 152 valence electrons. The first-order chi connectivity index (χ1) is 12.8. The molecule has 0 aromatic carbocycles. The molecule has 1 atom stereocenters. The highest BCUT2D eigenvalue weighted by Gasteiger charge is 2.30. The van der Waals surface area contributed by atoms with Crippen molar-refractivity contribution in [1.29, 1.82) is 0 Å². The summed E-state index contributed by atoms with van der Waals surface area (Å²) in [6.45, 7) is 7.04. The molecule has 0 bridgehead atoms. The van der Waals surface area contributed by atoms with E-state index < -0.39 is 10.0 Å². The molecule has 0 aliphatic carbocycles. The smallest absolute Gasteiger partial charge is 0.317 e. The number of aromatic nitrogens is 3. The predicted octanol–water partition coefficient (Wildman–Crippen LogP) is 0.783. The fraction of sp³-hybridized carbons (Fsp3) is 0.824. The number of nitrogens with zero attached hydrogens (tertiary/aromatic N) is 5. The maximum Gasteiger partial charge on any atom is 0.317 e. The van der Waals surface area contributed by atoms with Gasteiger partial charge in [-0.15, -0.1) is 10.2 Å². The Balaban J connectivity index is 1.64. The second kappa shape index (κ2) is 8.14. The summed E-state index contributed by atoms with van der Waals surface area (Å²) in [5.74, 6) is 2.06. The number of nitrogens with one attached hydrogen (secondary N) is 1. The SMILES string of the molecule is CCC(C)NC(=O)N1CCc2nnc(C3CCN(S(C)(=O)=O)CC3)n2CC1. The quantitative estimate of drug-likeness (QED) is 0.808. The van der Waals surface area contributed by atoms with Gasteiger partial charge in [0.15, 0.2) is 0 Å². The van der Waals surface area contributed by atoms with E-state index >= 15 is 0 Å². The van der Waals surface area contributed by atoms with Gasteiger partial charge in [-0.2, -0.15) is 0 Å². The third-order valence-corrected chi connectivity index (χ3v) is 6.92. The molecule has 1 fully saturated rings. The van der Waals surface area contributed by atoms with E-state index in [0.717, 1.165) is 30.9 Å². The lowest BCUT2D eigenvalue weighted by atomic mass is 9.97. The van der Waals surface area contributed by atoms with Crippen molar-refractivity contribution in [2.45, 2.75) is 58.0 Å². The Morgan fingerprint density at radius 1 is 1.19 bits per heavy atom. The molecule has 9 nitrogen and oxygen atoms in total. The van der Waals surface area contributed by atoms with E-state index in [4.69, 9.17) is 0 Å². The van der Waals surface area contributed by atoms with Crippen LogP contribution in [0.15, 0.2) is 0 Å². The lowest BCUT2D eigenvalue weighted by Crippen LogP contribution is -2.45. The summed E-state index contributed by atoms with van der Waals surface area (Å²) in [5, 5.41) is 11.8. The van der Waals surface area contributed by atoms with E-state index in [0.29, 0.717) is 39.1 Å². The van der Waals surface area contributed by atoms with Crippen LogP contribution in [0.5, 0.6) is 0 Å². The zero-order valence-electron chi connectivity index (χ0n) is 16.4. The minimum atomic E-state index is -3.13. The molecule has 1 aromatic rings. The highest BCUT2D eigenvalue weighted by Crippen LogP contribution is 2.28. The number of carbonyl (C=O) groups excluding carboxylic acids is 1. The molecule has 2 amide bonds. The molecular formula is C17H30N6O3S. The van der Waals surface area contributed by atoms with E-state index in [-0.39, 0.29) is 18.0 Å². The van der Waals surface area contributed by atoms with Gasteiger partial charge in [0.05, 0.1) is 6.26 Å². The number of amides is 2. The van der Waals surface area contributed by atoms with Crippen LogP contribution in [-0.4, -0.2) is 76.9 Å². The third kappa shape index (κ3) is 4.60. The summed E-state index contributed by atoms with van der Waals surface area (Å²) in [7, 11) is -3.13. The van der Waals surface area contributed by atoms with Crippen LogP contribution in [-0.2, 0) is 23.0 Å². The van der Waals surface area contributed by atoms with E-state index in [1.807, 2.05) is 11.8 Å². The monoisotopic (exact) mass is 398 g/mol. The van der Waals surface area contributed by atoms with Crippen molar-refractivity contribution in [1.82, 2.24) is 29.3 Å². The summed E-state index contributed by atoms with van der Waals surface area (Å²) >= 11 is 0. The molecule has 1 unspecified atom stereocenters. The lowest BCUT2D eigenvalue weighted by molar-refractivity contribution is 0.195.